The Morgan fingerprint density at radius 3 is 2.58 bits per heavy atom. The van der Waals surface area contributed by atoms with Crippen LogP contribution in [-0.4, -0.2) is 29.8 Å². The third-order valence-corrected chi connectivity index (χ3v) is 5.48. The number of hydrogen-bond acceptors (Lipinski definition) is 3. The summed E-state index contributed by atoms with van der Waals surface area (Å²) in [5.41, 5.74) is 3.36. The van der Waals surface area contributed by atoms with Gasteiger partial charge in [-0.2, -0.15) is 0 Å². The van der Waals surface area contributed by atoms with Crippen LogP contribution in [0.3, 0.4) is 0 Å². The van der Waals surface area contributed by atoms with Crippen molar-refractivity contribution in [1.29, 1.82) is 0 Å². The molecule has 31 heavy (non-hydrogen) atoms. The standard InChI is InChI=1S/C26H26N2O3/c1-3-14-28(16-24(29)27-22-11-7-4-8-18(22)2)25(30)15-20-17-31-23-13-12-19-9-5-6-10-21(19)26(20)23/h4-13,17H,3,14-16H2,1-2H3,(H,27,29). The molecule has 0 bridgehead atoms. The molecule has 5 nitrogen and oxygen atoms in total. The summed E-state index contributed by atoms with van der Waals surface area (Å²) < 4.78 is 5.72. The quantitative estimate of drug-likeness (QED) is 0.445. The van der Waals surface area contributed by atoms with Gasteiger partial charge in [0, 0.05) is 23.2 Å². The van der Waals surface area contributed by atoms with Crippen molar-refractivity contribution in [3.63, 3.8) is 0 Å². The summed E-state index contributed by atoms with van der Waals surface area (Å²) in [5, 5.41) is 6.05. The SMILES string of the molecule is CCCN(CC(=O)Nc1ccccc1C)C(=O)Cc1coc2ccc3ccccc3c12. The molecule has 4 aromatic rings. The van der Waals surface area contributed by atoms with Crippen LogP contribution in [0.15, 0.2) is 71.3 Å². The molecule has 0 unspecified atom stereocenters. The molecule has 1 N–H and O–H groups in total. The number of hydrogen-bond donors (Lipinski definition) is 1. The Morgan fingerprint density at radius 1 is 1.00 bits per heavy atom. The summed E-state index contributed by atoms with van der Waals surface area (Å²) in [6, 6.07) is 19.6. The highest BCUT2D eigenvalue weighted by molar-refractivity contribution is 6.08. The lowest BCUT2D eigenvalue weighted by molar-refractivity contribution is -0.134. The van der Waals surface area contributed by atoms with Crippen LogP contribution >= 0.6 is 0 Å². The molecule has 0 atom stereocenters. The lowest BCUT2D eigenvalue weighted by Crippen LogP contribution is -2.39. The summed E-state index contributed by atoms with van der Waals surface area (Å²) in [6.45, 7) is 4.49. The van der Waals surface area contributed by atoms with Gasteiger partial charge in [-0.05, 0) is 41.8 Å². The summed E-state index contributed by atoms with van der Waals surface area (Å²) in [7, 11) is 0. The first-order chi connectivity index (χ1) is 15.1. The topological polar surface area (TPSA) is 62.6 Å². The third kappa shape index (κ3) is 4.45. The fourth-order valence-electron chi connectivity index (χ4n) is 3.92. The van der Waals surface area contributed by atoms with Crippen molar-refractivity contribution in [2.24, 2.45) is 0 Å². The highest BCUT2D eigenvalue weighted by Gasteiger charge is 2.20. The molecule has 3 aromatic carbocycles. The van der Waals surface area contributed by atoms with Crippen LogP contribution in [0.25, 0.3) is 21.7 Å². The van der Waals surface area contributed by atoms with Gasteiger partial charge in [0.2, 0.25) is 11.8 Å². The minimum atomic E-state index is -0.196. The first-order valence-corrected chi connectivity index (χ1v) is 10.6. The molecule has 158 valence electrons. The number of benzene rings is 3. The fraction of sp³-hybridized carbons (Fsp3) is 0.231. The number of para-hydroxylation sites is 1. The zero-order valence-electron chi connectivity index (χ0n) is 17.9. The van der Waals surface area contributed by atoms with E-state index in [1.165, 1.54) is 0 Å². The van der Waals surface area contributed by atoms with Gasteiger partial charge in [-0.25, -0.2) is 0 Å². The summed E-state index contributed by atoms with van der Waals surface area (Å²) in [6.07, 6.45) is 2.63. The lowest BCUT2D eigenvalue weighted by Gasteiger charge is -2.22. The highest BCUT2D eigenvalue weighted by Crippen LogP contribution is 2.30. The maximum Gasteiger partial charge on any atom is 0.244 e. The first kappa shape index (κ1) is 20.7. The molecule has 0 saturated carbocycles. The van der Waals surface area contributed by atoms with E-state index in [1.54, 1.807) is 11.2 Å². The van der Waals surface area contributed by atoms with Crippen molar-refractivity contribution in [3.05, 3.63) is 78.1 Å². The predicted octanol–water partition coefficient (Wildman–Crippen LogP) is 5.31. The Morgan fingerprint density at radius 2 is 1.77 bits per heavy atom. The maximum atomic E-state index is 13.1. The van der Waals surface area contributed by atoms with E-state index in [0.29, 0.717) is 6.54 Å². The van der Waals surface area contributed by atoms with Crippen molar-refractivity contribution in [3.8, 4) is 0 Å². The smallest absolute Gasteiger partial charge is 0.244 e. The first-order valence-electron chi connectivity index (χ1n) is 10.6. The van der Waals surface area contributed by atoms with E-state index in [0.717, 1.165) is 45.0 Å². The predicted molar refractivity (Wildman–Crippen MR) is 124 cm³/mol. The number of aryl methyl sites for hydroxylation is 1. The number of nitrogens with one attached hydrogen (secondary N) is 1. The van der Waals surface area contributed by atoms with E-state index >= 15 is 0 Å². The van der Waals surface area contributed by atoms with Gasteiger partial charge in [-0.15, -0.1) is 0 Å². The summed E-state index contributed by atoms with van der Waals surface area (Å²) in [4.78, 5) is 27.4. The van der Waals surface area contributed by atoms with Crippen LogP contribution in [0.5, 0.6) is 0 Å². The van der Waals surface area contributed by atoms with Gasteiger partial charge in [0.15, 0.2) is 0 Å². The van der Waals surface area contributed by atoms with Gasteiger partial charge in [-0.1, -0.05) is 55.5 Å². The Balaban J connectivity index is 1.53. The van der Waals surface area contributed by atoms with Crippen LogP contribution < -0.4 is 5.32 Å². The van der Waals surface area contributed by atoms with Crippen molar-refractivity contribution in [1.82, 2.24) is 4.90 Å². The molecule has 0 aliphatic rings. The molecule has 0 aliphatic heterocycles. The van der Waals surface area contributed by atoms with Crippen molar-refractivity contribution in [2.45, 2.75) is 26.7 Å². The van der Waals surface area contributed by atoms with Crippen LogP contribution in [-0.2, 0) is 16.0 Å². The number of furan rings is 1. The second kappa shape index (κ2) is 9.04. The molecule has 0 aliphatic carbocycles. The molecular weight excluding hydrogens is 388 g/mol. The van der Waals surface area contributed by atoms with E-state index in [9.17, 15) is 9.59 Å². The average Bonchev–Trinajstić information content (AvgIpc) is 3.18. The monoisotopic (exact) mass is 414 g/mol. The average molecular weight is 415 g/mol. The second-order valence-electron chi connectivity index (χ2n) is 7.78. The Labute approximate surface area is 181 Å². The number of carbonyl (C=O) groups is 2. The second-order valence-corrected chi connectivity index (χ2v) is 7.78. The van der Waals surface area contributed by atoms with Gasteiger partial charge >= 0.3 is 0 Å². The normalized spacial score (nSPS) is 11.0. The van der Waals surface area contributed by atoms with E-state index in [1.807, 2.05) is 74.5 Å². The highest BCUT2D eigenvalue weighted by atomic mass is 16.3. The van der Waals surface area contributed by atoms with Gasteiger partial charge in [0.25, 0.3) is 0 Å². The van der Waals surface area contributed by atoms with Gasteiger partial charge in [-0.3, -0.25) is 9.59 Å². The zero-order chi connectivity index (χ0) is 21.8. The zero-order valence-corrected chi connectivity index (χ0v) is 17.9. The van der Waals surface area contributed by atoms with Gasteiger partial charge in [0.05, 0.1) is 19.2 Å². The molecule has 5 heteroatoms. The minimum absolute atomic E-state index is 0.0253. The van der Waals surface area contributed by atoms with E-state index in [-0.39, 0.29) is 24.8 Å². The molecule has 0 spiro atoms. The number of amides is 2. The molecule has 1 heterocycles. The summed E-state index contributed by atoms with van der Waals surface area (Å²) in [5.74, 6) is -0.281. The van der Waals surface area contributed by atoms with Crippen LogP contribution in [0.1, 0.15) is 24.5 Å². The molecule has 1 aromatic heterocycles. The Kier molecular flexibility index (Phi) is 6.03. The number of carbonyl (C=O) groups excluding carboxylic acids is 2. The molecule has 0 saturated heterocycles. The third-order valence-electron chi connectivity index (χ3n) is 5.48. The molecular formula is C26H26N2O3. The number of anilines is 1. The van der Waals surface area contributed by atoms with Crippen LogP contribution in [0, 0.1) is 6.92 Å². The van der Waals surface area contributed by atoms with Gasteiger partial charge < -0.3 is 14.6 Å². The number of nitrogens with zero attached hydrogens (tertiary/aromatic N) is 1. The van der Waals surface area contributed by atoms with E-state index < -0.39 is 0 Å². The van der Waals surface area contributed by atoms with E-state index in [4.69, 9.17) is 4.42 Å². The Bertz CT molecular complexity index is 1240. The largest absolute Gasteiger partial charge is 0.464 e. The van der Waals surface area contributed by atoms with Crippen LogP contribution in [0.4, 0.5) is 5.69 Å². The molecule has 0 radical (unpaired) electrons. The maximum absolute atomic E-state index is 13.1. The molecule has 2 amide bonds. The number of rotatable bonds is 7. The van der Waals surface area contributed by atoms with Crippen molar-refractivity contribution < 1.29 is 14.0 Å². The summed E-state index contributed by atoms with van der Waals surface area (Å²) >= 11 is 0. The molecule has 4 rings (SSSR count). The van der Waals surface area contributed by atoms with Crippen molar-refractivity contribution in [2.75, 3.05) is 18.4 Å². The van der Waals surface area contributed by atoms with Crippen LogP contribution in [0.2, 0.25) is 0 Å². The minimum Gasteiger partial charge on any atom is -0.464 e. The van der Waals surface area contributed by atoms with Gasteiger partial charge in [0.1, 0.15) is 5.58 Å². The molecule has 0 fully saturated rings. The fourth-order valence-corrected chi connectivity index (χ4v) is 3.92. The lowest BCUT2D eigenvalue weighted by atomic mass is 10.0. The van der Waals surface area contributed by atoms with Crippen molar-refractivity contribution >= 4 is 39.2 Å². The number of fused-ring (bicyclic) bond motifs is 3. The van der Waals surface area contributed by atoms with E-state index in [2.05, 4.69) is 5.32 Å². The Hall–Kier alpha value is -3.60.